The summed E-state index contributed by atoms with van der Waals surface area (Å²) in [6.07, 6.45) is 3.63. The van der Waals surface area contributed by atoms with E-state index in [1.165, 1.54) is 22.3 Å². The van der Waals surface area contributed by atoms with Gasteiger partial charge in [0.2, 0.25) is 0 Å². The fourth-order valence-electron chi connectivity index (χ4n) is 1.96. The van der Waals surface area contributed by atoms with E-state index < -0.39 is 0 Å². The molecule has 3 rings (SSSR count). The van der Waals surface area contributed by atoms with Gasteiger partial charge in [0.15, 0.2) is 4.47 Å². The lowest BCUT2D eigenvalue weighted by molar-refractivity contribution is 1.17. The molecule has 2 aromatic heterocycles. The maximum absolute atomic E-state index is 5.81. The Labute approximate surface area is 120 Å². The van der Waals surface area contributed by atoms with E-state index in [1.807, 2.05) is 12.3 Å². The molecule has 0 saturated heterocycles. The molecule has 3 aromatic rings. The Kier molecular flexibility index (Phi) is 3.36. The highest BCUT2D eigenvalue weighted by atomic mass is 35.5. The number of pyridine rings is 1. The van der Waals surface area contributed by atoms with E-state index in [1.54, 1.807) is 6.20 Å². The van der Waals surface area contributed by atoms with Crippen molar-refractivity contribution in [3.8, 4) is 0 Å². The number of thiazole rings is 1. The molecule has 0 bridgehead atoms. The fraction of sp³-hybridized carbons (Fsp3) is 0.143. The number of hydrogen-bond donors (Lipinski definition) is 1. The summed E-state index contributed by atoms with van der Waals surface area (Å²) in [7, 11) is 0. The number of nitrogens with zero attached hydrogens (tertiary/aromatic N) is 2. The first-order valence-corrected chi connectivity index (χ1v) is 7.11. The van der Waals surface area contributed by atoms with Crippen LogP contribution < -0.4 is 5.32 Å². The third kappa shape index (κ3) is 2.69. The molecular weight excluding hydrogens is 278 g/mol. The summed E-state index contributed by atoms with van der Waals surface area (Å²) >= 11 is 7.30. The molecule has 1 aromatic carbocycles. The molecule has 0 saturated carbocycles. The number of fused-ring (bicyclic) bond motifs is 1. The average Bonchev–Trinajstić information content (AvgIpc) is 2.82. The Morgan fingerprint density at radius 1 is 1.26 bits per heavy atom. The van der Waals surface area contributed by atoms with Crippen molar-refractivity contribution in [3.63, 3.8) is 0 Å². The zero-order valence-corrected chi connectivity index (χ0v) is 11.9. The average molecular weight is 290 g/mol. The molecule has 2 heterocycles. The molecule has 0 fully saturated rings. The van der Waals surface area contributed by atoms with Gasteiger partial charge < -0.3 is 5.32 Å². The third-order valence-corrected chi connectivity index (χ3v) is 4.07. The van der Waals surface area contributed by atoms with Crippen LogP contribution in [0.2, 0.25) is 4.47 Å². The number of anilines is 1. The predicted octanol–water partition coefficient (Wildman–Crippen LogP) is 4.27. The van der Waals surface area contributed by atoms with Gasteiger partial charge in [-0.1, -0.05) is 17.7 Å². The monoisotopic (exact) mass is 289 g/mol. The minimum Gasteiger partial charge on any atom is -0.380 e. The minimum atomic E-state index is 0.576. The Hall–Kier alpha value is -1.65. The molecule has 0 radical (unpaired) electrons. The molecule has 1 N–H and O–H groups in total. The SMILES string of the molecule is Cc1ccnc2cc(NCc3cnc(Cl)s3)ccc12. The Bertz CT molecular complexity index is 724. The number of rotatable bonds is 3. The molecule has 0 aliphatic rings. The number of nitrogens with one attached hydrogen (secondary N) is 1. The highest BCUT2D eigenvalue weighted by Crippen LogP contribution is 2.22. The van der Waals surface area contributed by atoms with Gasteiger partial charge in [-0.2, -0.15) is 0 Å². The molecule has 0 atom stereocenters. The number of halogens is 1. The molecule has 0 aliphatic carbocycles. The first-order valence-electron chi connectivity index (χ1n) is 5.92. The maximum atomic E-state index is 5.81. The van der Waals surface area contributed by atoms with Crippen molar-refractivity contribution in [1.29, 1.82) is 0 Å². The summed E-state index contributed by atoms with van der Waals surface area (Å²) in [5.74, 6) is 0. The minimum absolute atomic E-state index is 0.576. The summed E-state index contributed by atoms with van der Waals surface area (Å²) in [5, 5.41) is 4.55. The molecule has 0 aliphatic heterocycles. The van der Waals surface area contributed by atoms with Crippen molar-refractivity contribution < 1.29 is 0 Å². The number of benzene rings is 1. The summed E-state index contributed by atoms with van der Waals surface area (Å²) in [5.41, 5.74) is 3.30. The van der Waals surface area contributed by atoms with Crippen LogP contribution in [0.3, 0.4) is 0 Å². The molecule has 5 heteroatoms. The zero-order valence-electron chi connectivity index (χ0n) is 10.4. The van der Waals surface area contributed by atoms with E-state index in [0.717, 1.165) is 22.6 Å². The van der Waals surface area contributed by atoms with Crippen LogP contribution in [0.5, 0.6) is 0 Å². The van der Waals surface area contributed by atoms with Crippen LogP contribution in [-0.2, 0) is 6.54 Å². The van der Waals surface area contributed by atoms with Crippen molar-refractivity contribution in [3.05, 3.63) is 51.6 Å². The van der Waals surface area contributed by atoms with Gasteiger partial charge in [0.25, 0.3) is 0 Å². The number of aromatic nitrogens is 2. The Balaban J connectivity index is 1.82. The van der Waals surface area contributed by atoms with Gasteiger partial charge in [0, 0.05) is 28.3 Å². The molecule has 19 heavy (non-hydrogen) atoms. The standard InChI is InChI=1S/C14H12ClN3S/c1-9-4-5-16-13-6-10(2-3-12(9)13)17-7-11-8-18-14(15)19-11/h2-6,8,17H,7H2,1H3. The maximum Gasteiger partial charge on any atom is 0.183 e. The quantitative estimate of drug-likeness (QED) is 0.782. The molecule has 0 spiro atoms. The molecule has 0 amide bonds. The second-order valence-corrected chi connectivity index (χ2v) is 5.99. The normalized spacial score (nSPS) is 10.8. The van der Waals surface area contributed by atoms with Gasteiger partial charge in [-0.15, -0.1) is 11.3 Å². The summed E-state index contributed by atoms with van der Waals surface area (Å²) in [6.45, 7) is 2.82. The van der Waals surface area contributed by atoms with Crippen molar-refractivity contribution in [2.45, 2.75) is 13.5 Å². The Morgan fingerprint density at radius 2 is 2.16 bits per heavy atom. The van der Waals surface area contributed by atoms with Gasteiger partial charge in [-0.3, -0.25) is 4.98 Å². The summed E-state index contributed by atoms with van der Waals surface area (Å²) < 4.78 is 0.576. The van der Waals surface area contributed by atoms with Gasteiger partial charge in [0.1, 0.15) is 0 Å². The van der Waals surface area contributed by atoms with Crippen LogP contribution >= 0.6 is 22.9 Å². The number of hydrogen-bond acceptors (Lipinski definition) is 4. The van der Waals surface area contributed by atoms with Gasteiger partial charge in [-0.25, -0.2) is 4.98 Å². The highest BCUT2D eigenvalue weighted by Gasteiger charge is 2.02. The van der Waals surface area contributed by atoms with Crippen LogP contribution in [0.4, 0.5) is 5.69 Å². The van der Waals surface area contributed by atoms with Gasteiger partial charge in [-0.05, 0) is 30.7 Å². The van der Waals surface area contributed by atoms with E-state index in [0.29, 0.717) is 4.47 Å². The number of aryl methyl sites for hydroxylation is 1. The van der Waals surface area contributed by atoms with E-state index in [2.05, 4.69) is 40.4 Å². The Morgan fingerprint density at radius 3 is 2.95 bits per heavy atom. The van der Waals surface area contributed by atoms with E-state index in [-0.39, 0.29) is 0 Å². The first-order chi connectivity index (χ1) is 9.22. The van der Waals surface area contributed by atoms with Crippen LogP contribution in [0.15, 0.2) is 36.7 Å². The smallest absolute Gasteiger partial charge is 0.183 e. The molecule has 3 nitrogen and oxygen atoms in total. The van der Waals surface area contributed by atoms with E-state index >= 15 is 0 Å². The van der Waals surface area contributed by atoms with Crippen molar-refractivity contribution >= 4 is 39.5 Å². The van der Waals surface area contributed by atoms with Crippen molar-refractivity contribution in [2.75, 3.05) is 5.32 Å². The van der Waals surface area contributed by atoms with Crippen molar-refractivity contribution in [2.24, 2.45) is 0 Å². The predicted molar refractivity (Wildman–Crippen MR) is 80.9 cm³/mol. The van der Waals surface area contributed by atoms with Gasteiger partial charge in [0.05, 0.1) is 12.1 Å². The van der Waals surface area contributed by atoms with Crippen LogP contribution in [0, 0.1) is 6.92 Å². The van der Waals surface area contributed by atoms with E-state index in [4.69, 9.17) is 11.6 Å². The summed E-state index contributed by atoms with van der Waals surface area (Å²) in [4.78, 5) is 9.53. The lowest BCUT2D eigenvalue weighted by atomic mass is 10.1. The largest absolute Gasteiger partial charge is 0.380 e. The van der Waals surface area contributed by atoms with Gasteiger partial charge >= 0.3 is 0 Å². The molecule has 0 unspecified atom stereocenters. The fourth-order valence-corrected chi connectivity index (χ4v) is 2.87. The van der Waals surface area contributed by atoms with Crippen LogP contribution in [0.1, 0.15) is 10.4 Å². The molecule has 96 valence electrons. The lowest BCUT2D eigenvalue weighted by Crippen LogP contribution is -1.97. The molecular formula is C14H12ClN3S. The van der Waals surface area contributed by atoms with Crippen LogP contribution in [0.25, 0.3) is 10.9 Å². The summed E-state index contributed by atoms with van der Waals surface area (Å²) in [6, 6.07) is 8.25. The topological polar surface area (TPSA) is 37.8 Å². The second-order valence-electron chi connectivity index (χ2n) is 4.29. The lowest BCUT2D eigenvalue weighted by Gasteiger charge is -2.07. The highest BCUT2D eigenvalue weighted by molar-refractivity contribution is 7.15. The van der Waals surface area contributed by atoms with Crippen LogP contribution in [-0.4, -0.2) is 9.97 Å². The van der Waals surface area contributed by atoms with E-state index in [9.17, 15) is 0 Å². The zero-order chi connectivity index (χ0) is 13.2. The van der Waals surface area contributed by atoms with Crippen molar-refractivity contribution in [1.82, 2.24) is 9.97 Å². The third-order valence-electron chi connectivity index (χ3n) is 2.95. The second kappa shape index (κ2) is 5.15. The first kappa shape index (κ1) is 12.4.